The summed E-state index contributed by atoms with van der Waals surface area (Å²) < 4.78 is 1.95. The molecule has 0 aliphatic rings. The normalized spacial score (nSPS) is 13.2. The van der Waals surface area contributed by atoms with E-state index in [9.17, 15) is 0 Å². The molecule has 4 nitrogen and oxygen atoms in total. The summed E-state index contributed by atoms with van der Waals surface area (Å²) in [5.41, 5.74) is 5.63. The van der Waals surface area contributed by atoms with Crippen LogP contribution in [-0.2, 0) is 13.5 Å². The largest absolute Gasteiger partial charge is 0.328 e. The summed E-state index contributed by atoms with van der Waals surface area (Å²) in [4.78, 5) is 0. The van der Waals surface area contributed by atoms with Crippen LogP contribution in [0.15, 0.2) is 6.33 Å². The first-order chi connectivity index (χ1) is 5.70. The molecular formula is C8H16N4. The highest BCUT2D eigenvalue weighted by Crippen LogP contribution is 2.01. The van der Waals surface area contributed by atoms with Crippen LogP contribution < -0.4 is 5.73 Å². The zero-order valence-electron chi connectivity index (χ0n) is 7.70. The van der Waals surface area contributed by atoms with E-state index in [0.717, 1.165) is 25.1 Å². The van der Waals surface area contributed by atoms with Crippen molar-refractivity contribution in [2.24, 2.45) is 12.8 Å². The fraction of sp³-hybridized carbons (Fsp3) is 0.750. The van der Waals surface area contributed by atoms with Gasteiger partial charge in [-0.05, 0) is 19.8 Å². The van der Waals surface area contributed by atoms with Crippen molar-refractivity contribution in [1.82, 2.24) is 14.8 Å². The third kappa shape index (κ3) is 2.62. The molecule has 12 heavy (non-hydrogen) atoms. The van der Waals surface area contributed by atoms with Gasteiger partial charge in [0.1, 0.15) is 12.2 Å². The SMILES string of the molecule is CC(N)CCCc1nncn1C. The van der Waals surface area contributed by atoms with Crippen LogP contribution in [0.2, 0.25) is 0 Å². The maximum absolute atomic E-state index is 5.63. The fourth-order valence-electron chi connectivity index (χ4n) is 1.12. The predicted octanol–water partition coefficient (Wildman–Crippen LogP) is 0.485. The number of rotatable bonds is 4. The van der Waals surface area contributed by atoms with E-state index in [4.69, 9.17) is 5.73 Å². The van der Waals surface area contributed by atoms with Gasteiger partial charge in [0.25, 0.3) is 0 Å². The maximum Gasteiger partial charge on any atom is 0.132 e. The van der Waals surface area contributed by atoms with E-state index in [1.807, 2.05) is 18.5 Å². The van der Waals surface area contributed by atoms with E-state index < -0.39 is 0 Å². The van der Waals surface area contributed by atoms with Crippen LogP contribution in [0, 0.1) is 0 Å². The minimum absolute atomic E-state index is 0.290. The zero-order chi connectivity index (χ0) is 8.97. The standard InChI is InChI=1S/C8H16N4/c1-7(9)4-3-5-8-11-10-6-12(8)2/h6-7H,3-5,9H2,1-2H3. The quantitative estimate of drug-likeness (QED) is 0.711. The molecule has 2 N–H and O–H groups in total. The smallest absolute Gasteiger partial charge is 0.132 e. The number of nitrogens with two attached hydrogens (primary N) is 1. The lowest BCUT2D eigenvalue weighted by atomic mass is 10.1. The molecule has 0 radical (unpaired) electrons. The van der Waals surface area contributed by atoms with Crippen molar-refractivity contribution >= 4 is 0 Å². The summed E-state index contributed by atoms with van der Waals surface area (Å²) in [6, 6.07) is 0.290. The Hall–Kier alpha value is -0.900. The van der Waals surface area contributed by atoms with Gasteiger partial charge in [-0.15, -0.1) is 10.2 Å². The van der Waals surface area contributed by atoms with Crippen molar-refractivity contribution in [3.63, 3.8) is 0 Å². The van der Waals surface area contributed by atoms with Gasteiger partial charge >= 0.3 is 0 Å². The Morgan fingerprint density at radius 1 is 1.67 bits per heavy atom. The number of hydrogen-bond acceptors (Lipinski definition) is 3. The Bertz CT molecular complexity index is 229. The van der Waals surface area contributed by atoms with Crippen molar-refractivity contribution in [2.75, 3.05) is 0 Å². The van der Waals surface area contributed by atoms with Crippen molar-refractivity contribution < 1.29 is 0 Å². The summed E-state index contributed by atoms with van der Waals surface area (Å²) in [6.07, 6.45) is 4.83. The van der Waals surface area contributed by atoms with Gasteiger partial charge in [-0.1, -0.05) is 0 Å². The first kappa shape index (κ1) is 9.19. The zero-order valence-corrected chi connectivity index (χ0v) is 7.70. The summed E-state index contributed by atoms with van der Waals surface area (Å²) in [5, 5.41) is 7.79. The molecule has 1 unspecified atom stereocenters. The topological polar surface area (TPSA) is 56.7 Å². The third-order valence-corrected chi connectivity index (χ3v) is 1.86. The average Bonchev–Trinajstić information content (AvgIpc) is 2.36. The summed E-state index contributed by atoms with van der Waals surface area (Å²) in [7, 11) is 1.96. The summed E-state index contributed by atoms with van der Waals surface area (Å²) in [5.74, 6) is 1.04. The second-order valence-electron chi connectivity index (χ2n) is 3.23. The first-order valence-electron chi connectivity index (χ1n) is 4.28. The third-order valence-electron chi connectivity index (χ3n) is 1.86. The molecule has 0 saturated carbocycles. The molecule has 68 valence electrons. The van der Waals surface area contributed by atoms with Crippen LogP contribution >= 0.6 is 0 Å². The van der Waals surface area contributed by atoms with Crippen molar-refractivity contribution in [1.29, 1.82) is 0 Å². The minimum atomic E-state index is 0.290. The van der Waals surface area contributed by atoms with Crippen LogP contribution in [0.5, 0.6) is 0 Å². The molecule has 0 amide bonds. The van der Waals surface area contributed by atoms with E-state index >= 15 is 0 Å². The molecule has 1 aromatic heterocycles. The highest BCUT2D eigenvalue weighted by atomic mass is 15.2. The first-order valence-corrected chi connectivity index (χ1v) is 4.28. The molecule has 0 aromatic carbocycles. The van der Waals surface area contributed by atoms with Crippen molar-refractivity contribution in [2.45, 2.75) is 32.2 Å². The lowest BCUT2D eigenvalue weighted by Crippen LogP contribution is -2.14. The molecule has 0 saturated heterocycles. The van der Waals surface area contributed by atoms with Crippen LogP contribution in [-0.4, -0.2) is 20.8 Å². The Balaban J connectivity index is 2.29. The molecule has 0 aliphatic carbocycles. The minimum Gasteiger partial charge on any atom is -0.328 e. The Morgan fingerprint density at radius 2 is 2.42 bits per heavy atom. The Kier molecular flexibility index (Phi) is 3.22. The second kappa shape index (κ2) is 4.21. The van der Waals surface area contributed by atoms with E-state index in [1.165, 1.54) is 0 Å². The molecule has 1 heterocycles. The molecule has 4 heteroatoms. The van der Waals surface area contributed by atoms with E-state index in [-0.39, 0.29) is 0 Å². The highest BCUT2D eigenvalue weighted by molar-refractivity contribution is 4.84. The lowest BCUT2D eigenvalue weighted by Gasteiger charge is -2.03. The van der Waals surface area contributed by atoms with Crippen LogP contribution in [0.3, 0.4) is 0 Å². The molecule has 0 bridgehead atoms. The molecule has 0 fully saturated rings. The van der Waals surface area contributed by atoms with Crippen LogP contribution in [0.25, 0.3) is 0 Å². The van der Waals surface area contributed by atoms with E-state index in [0.29, 0.717) is 6.04 Å². The molecule has 0 aliphatic heterocycles. The average molecular weight is 168 g/mol. The van der Waals surface area contributed by atoms with Gasteiger partial charge in [0.2, 0.25) is 0 Å². The van der Waals surface area contributed by atoms with Gasteiger partial charge in [0, 0.05) is 19.5 Å². The predicted molar refractivity (Wildman–Crippen MR) is 47.6 cm³/mol. The van der Waals surface area contributed by atoms with Gasteiger partial charge in [0.05, 0.1) is 0 Å². The number of aromatic nitrogens is 3. The monoisotopic (exact) mass is 168 g/mol. The molecule has 1 rings (SSSR count). The molecule has 1 atom stereocenters. The van der Waals surface area contributed by atoms with Crippen LogP contribution in [0.1, 0.15) is 25.6 Å². The molecular weight excluding hydrogens is 152 g/mol. The summed E-state index contributed by atoms with van der Waals surface area (Å²) in [6.45, 7) is 2.02. The molecule has 0 spiro atoms. The number of nitrogens with zero attached hydrogens (tertiary/aromatic N) is 3. The second-order valence-corrected chi connectivity index (χ2v) is 3.23. The van der Waals surface area contributed by atoms with Crippen molar-refractivity contribution in [3.8, 4) is 0 Å². The number of hydrogen-bond donors (Lipinski definition) is 1. The van der Waals surface area contributed by atoms with Gasteiger partial charge < -0.3 is 10.3 Å². The fourth-order valence-corrected chi connectivity index (χ4v) is 1.12. The Labute approximate surface area is 72.8 Å². The van der Waals surface area contributed by atoms with E-state index in [2.05, 4.69) is 10.2 Å². The van der Waals surface area contributed by atoms with Crippen LogP contribution in [0.4, 0.5) is 0 Å². The maximum atomic E-state index is 5.63. The van der Waals surface area contributed by atoms with Gasteiger partial charge in [-0.3, -0.25) is 0 Å². The van der Waals surface area contributed by atoms with E-state index in [1.54, 1.807) is 6.33 Å². The molecule has 1 aromatic rings. The highest BCUT2D eigenvalue weighted by Gasteiger charge is 2.00. The van der Waals surface area contributed by atoms with Gasteiger partial charge in [-0.25, -0.2) is 0 Å². The Morgan fingerprint density at radius 3 is 2.92 bits per heavy atom. The summed E-state index contributed by atoms with van der Waals surface area (Å²) >= 11 is 0. The number of aryl methyl sites for hydroxylation is 2. The van der Waals surface area contributed by atoms with Gasteiger partial charge in [0.15, 0.2) is 0 Å². The lowest BCUT2D eigenvalue weighted by molar-refractivity contribution is 0.604. The van der Waals surface area contributed by atoms with Gasteiger partial charge in [-0.2, -0.15) is 0 Å². The van der Waals surface area contributed by atoms with Crippen molar-refractivity contribution in [3.05, 3.63) is 12.2 Å².